The minimum Gasteiger partial charge on any atom is -0.382 e. The first kappa shape index (κ1) is 11.5. The van der Waals surface area contributed by atoms with E-state index in [4.69, 9.17) is 10.5 Å². The van der Waals surface area contributed by atoms with Gasteiger partial charge in [-0.15, -0.1) is 0 Å². The number of carbonyl (C=O) groups is 1. The van der Waals surface area contributed by atoms with Crippen molar-refractivity contribution in [1.29, 1.82) is 0 Å². The maximum absolute atomic E-state index is 12.3. The third kappa shape index (κ3) is 1.96. The number of H-pyrrole nitrogens is 1. The molecular weight excluding hydrogens is 232 g/mol. The van der Waals surface area contributed by atoms with Crippen molar-refractivity contribution in [1.82, 2.24) is 15.1 Å². The highest BCUT2D eigenvalue weighted by molar-refractivity contribution is 5.93. The first-order valence-corrected chi connectivity index (χ1v) is 6.36. The van der Waals surface area contributed by atoms with Crippen molar-refractivity contribution in [2.45, 2.75) is 19.3 Å². The van der Waals surface area contributed by atoms with Gasteiger partial charge in [-0.25, -0.2) is 0 Å². The third-order valence-corrected chi connectivity index (χ3v) is 4.11. The highest BCUT2D eigenvalue weighted by atomic mass is 16.5. The summed E-state index contributed by atoms with van der Waals surface area (Å²) in [5.41, 5.74) is 6.28. The van der Waals surface area contributed by atoms with Crippen LogP contribution in [0, 0.1) is 5.41 Å². The Hall–Kier alpha value is -1.56. The normalized spacial score (nSPS) is 22.6. The van der Waals surface area contributed by atoms with E-state index in [-0.39, 0.29) is 11.3 Å². The fourth-order valence-corrected chi connectivity index (χ4v) is 2.94. The number of aromatic nitrogens is 2. The SMILES string of the molecule is Nc1cc(C(=O)N2CCC3(CCOCC3)C2)[nH]n1. The van der Waals surface area contributed by atoms with Crippen LogP contribution in [0.5, 0.6) is 0 Å². The molecule has 0 saturated carbocycles. The lowest BCUT2D eigenvalue weighted by Crippen LogP contribution is -2.35. The van der Waals surface area contributed by atoms with Crippen LogP contribution in [-0.4, -0.2) is 47.3 Å². The monoisotopic (exact) mass is 250 g/mol. The minimum atomic E-state index is 0.00238. The van der Waals surface area contributed by atoms with Crippen molar-refractivity contribution < 1.29 is 9.53 Å². The fraction of sp³-hybridized carbons (Fsp3) is 0.667. The van der Waals surface area contributed by atoms with Gasteiger partial charge < -0.3 is 15.4 Å². The molecule has 0 atom stereocenters. The van der Waals surface area contributed by atoms with E-state index in [1.807, 2.05) is 4.90 Å². The van der Waals surface area contributed by atoms with Crippen molar-refractivity contribution in [2.24, 2.45) is 5.41 Å². The number of anilines is 1. The van der Waals surface area contributed by atoms with Gasteiger partial charge in [0.15, 0.2) is 0 Å². The van der Waals surface area contributed by atoms with E-state index in [1.54, 1.807) is 6.07 Å². The molecule has 3 heterocycles. The Labute approximate surface area is 105 Å². The largest absolute Gasteiger partial charge is 0.382 e. The molecule has 6 heteroatoms. The van der Waals surface area contributed by atoms with Crippen LogP contribution in [0.15, 0.2) is 6.07 Å². The zero-order valence-corrected chi connectivity index (χ0v) is 10.3. The number of aromatic amines is 1. The summed E-state index contributed by atoms with van der Waals surface area (Å²) in [5.74, 6) is 0.362. The molecule has 3 rings (SSSR count). The summed E-state index contributed by atoms with van der Waals surface area (Å²) in [6.45, 7) is 3.28. The van der Waals surface area contributed by atoms with E-state index in [1.165, 1.54) is 0 Å². The molecule has 2 saturated heterocycles. The molecule has 1 aromatic rings. The second-order valence-corrected chi connectivity index (χ2v) is 5.30. The van der Waals surface area contributed by atoms with Crippen LogP contribution in [0.3, 0.4) is 0 Å². The number of rotatable bonds is 1. The summed E-state index contributed by atoms with van der Waals surface area (Å²) in [4.78, 5) is 14.2. The summed E-state index contributed by atoms with van der Waals surface area (Å²) < 4.78 is 5.40. The lowest BCUT2D eigenvalue weighted by atomic mass is 9.80. The van der Waals surface area contributed by atoms with Crippen molar-refractivity contribution in [3.8, 4) is 0 Å². The van der Waals surface area contributed by atoms with E-state index < -0.39 is 0 Å². The zero-order valence-electron chi connectivity index (χ0n) is 10.3. The molecule has 2 aliphatic rings. The van der Waals surface area contributed by atoms with Gasteiger partial charge in [-0.3, -0.25) is 9.89 Å². The lowest BCUT2D eigenvalue weighted by Gasteiger charge is -2.33. The molecular formula is C12H18N4O2. The molecule has 0 bridgehead atoms. The highest BCUT2D eigenvalue weighted by Gasteiger charge is 2.41. The number of nitrogens with two attached hydrogens (primary N) is 1. The number of likely N-dealkylation sites (tertiary alicyclic amines) is 1. The molecule has 1 aromatic heterocycles. The Balaban J connectivity index is 1.70. The molecule has 6 nitrogen and oxygen atoms in total. The van der Waals surface area contributed by atoms with Crippen LogP contribution in [-0.2, 0) is 4.74 Å². The number of hydrogen-bond donors (Lipinski definition) is 2. The van der Waals surface area contributed by atoms with Gasteiger partial charge in [-0.05, 0) is 24.7 Å². The first-order chi connectivity index (χ1) is 8.69. The van der Waals surface area contributed by atoms with Gasteiger partial charge in [0.1, 0.15) is 11.5 Å². The summed E-state index contributed by atoms with van der Waals surface area (Å²) in [6.07, 6.45) is 3.19. The van der Waals surface area contributed by atoms with Crippen LogP contribution in [0.2, 0.25) is 0 Å². The topological polar surface area (TPSA) is 84.2 Å². The maximum atomic E-state index is 12.3. The van der Waals surface area contributed by atoms with E-state index >= 15 is 0 Å². The number of ether oxygens (including phenoxy) is 1. The summed E-state index contributed by atoms with van der Waals surface area (Å²) >= 11 is 0. The van der Waals surface area contributed by atoms with Gasteiger partial charge in [0.2, 0.25) is 0 Å². The quantitative estimate of drug-likeness (QED) is 0.766. The van der Waals surface area contributed by atoms with E-state index in [0.29, 0.717) is 11.5 Å². The molecule has 2 aliphatic heterocycles. The third-order valence-electron chi connectivity index (χ3n) is 4.11. The second kappa shape index (κ2) is 4.28. The van der Waals surface area contributed by atoms with Crippen LogP contribution in [0.4, 0.5) is 5.82 Å². The molecule has 3 N–H and O–H groups in total. The molecule has 0 radical (unpaired) electrons. The average molecular weight is 250 g/mol. The molecule has 1 spiro atoms. The average Bonchev–Trinajstić information content (AvgIpc) is 2.97. The molecule has 0 aliphatic carbocycles. The number of nitrogens with one attached hydrogen (secondary N) is 1. The molecule has 1 amide bonds. The van der Waals surface area contributed by atoms with Crippen LogP contribution in [0.1, 0.15) is 29.8 Å². The van der Waals surface area contributed by atoms with E-state index in [9.17, 15) is 4.79 Å². The first-order valence-electron chi connectivity index (χ1n) is 6.36. The lowest BCUT2D eigenvalue weighted by molar-refractivity contribution is 0.0190. The van der Waals surface area contributed by atoms with E-state index in [0.717, 1.165) is 45.6 Å². The molecule has 18 heavy (non-hydrogen) atoms. The molecule has 2 fully saturated rings. The Morgan fingerprint density at radius 3 is 2.89 bits per heavy atom. The minimum absolute atomic E-state index is 0.00238. The fourth-order valence-electron chi connectivity index (χ4n) is 2.94. The van der Waals surface area contributed by atoms with E-state index in [2.05, 4.69) is 10.2 Å². The number of nitrogen functional groups attached to an aromatic ring is 1. The summed E-state index contributed by atoms with van der Waals surface area (Å²) in [5, 5.41) is 6.48. The van der Waals surface area contributed by atoms with Crippen molar-refractivity contribution in [2.75, 3.05) is 32.0 Å². The van der Waals surface area contributed by atoms with Gasteiger partial charge in [0.25, 0.3) is 5.91 Å². The Morgan fingerprint density at radius 2 is 2.22 bits per heavy atom. The number of nitrogens with zero attached hydrogens (tertiary/aromatic N) is 2. The second-order valence-electron chi connectivity index (χ2n) is 5.30. The molecule has 0 unspecified atom stereocenters. The van der Waals surface area contributed by atoms with Crippen molar-refractivity contribution in [3.63, 3.8) is 0 Å². The van der Waals surface area contributed by atoms with Crippen LogP contribution < -0.4 is 5.73 Å². The highest BCUT2D eigenvalue weighted by Crippen LogP contribution is 2.39. The summed E-state index contributed by atoms with van der Waals surface area (Å²) in [7, 11) is 0. The van der Waals surface area contributed by atoms with Crippen molar-refractivity contribution in [3.05, 3.63) is 11.8 Å². The van der Waals surface area contributed by atoms with Gasteiger partial charge in [-0.1, -0.05) is 0 Å². The number of carbonyl (C=O) groups excluding carboxylic acids is 1. The predicted octanol–water partition coefficient (Wildman–Crippen LogP) is 0.635. The predicted molar refractivity (Wildman–Crippen MR) is 66.0 cm³/mol. The van der Waals surface area contributed by atoms with Gasteiger partial charge in [0, 0.05) is 32.4 Å². The standard InChI is InChI=1S/C12H18N4O2/c13-10-7-9(14-15-10)11(17)16-4-1-12(8-16)2-5-18-6-3-12/h7H,1-6,8H2,(H3,13,14,15). The maximum Gasteiger partial charge on any atom is 0.271 e. The molecule has 0 aromatic carbocycles. The van der Waals surface area contributed by atoms with Crippen LogP contribution in [0.25, 0.3) is 0 Å². The Bertz CT molecular complexity index is 451. The van der Waals surface area contributed by atoms with Gasteiger partial charge in [0.05, 0.1) is 0 Å². The van der Waals surface area contributed by atoms with Crippen molar-refractivity contribution >= 4 is 11.7 Å². The van der Waals surface area contributed by atoms with Crippen LogP contribution >= 0.6 is 0 Å². The zero-order chi connectivity index (χ0) is 12.6. The Kier molecular flexibility index (Phi) is 2.74. The smallest absolute Gasteiger partial charge is 0.271 e. The Morgan fingerprint density at radius 1 is 1.44 bits per heavy atom. The number of hydrogen-bond acceptors (Lipinski definition) is 4. The molecule has 98 valence electrons. The number of amides is 1. The van der Waals surface area contributed by atoms with Gasteiger partial charge >= 0.3 is 0 Å². The van der Waals surface area contributed by atoms with Gasteiger partial charge in [-0.2, -0.15) is 5.10 Å². The summed E-state index contributed by atoms with van der Waals surface area (Å²) in [6, 6.07) is 1.59.